The van der Waals surface area contributed by atoms with E-state index in [-0.39, 0.29) is 11.9 Å². The predicted molar refractivity (Wildman–Crippen MR) is 76.1 cm³/mol. The Morgan fingerprint density at radius 3 is 2.81 bits per heavy atom. The van der Waals surface area contributed by atoms with Crippen molar-refractivity contribution < 1.29 is 19.4 Å². The fourth-order valence-electron chi connectivity index (χ4n) is 3.03. The lowest BCUT2D eigenvalue weighted by molar-refractivity contribution is -0.143. The number of cyclic esters (lactones) is 1. The number of piperidine rings is 1. The molecule has 1 aromatic carbocycles. The highest BCUT2D eigenvalue weighted by atomic mass is 16.5. The van der Waals surface area contributed by atoms with E-state index in [1.54, 1.807) is 0 Å². The van der Waals surface area contributed by atoms with Crippen LogP contribution in [0.1, 0.15) is 34.3 Å². The third kappa shape index (κ3) is 3.08. The number of esters is 1. The van der Waals surface area contributed by atoms with Crippen molar-refractivity contribution in [2.45, 2.75) is 25.9 Å². The number of rotatable bonds is 4. The second-order valence-electron chi connectivity index (χ2n) is 5.77. The maximum Gasteiger partial charge on any atom is 0.338 e. The van der Waals surface area contributed by atoms with Gasteiger partial charge in [-0.1, -0.05) is 12.1 Å². The second-order valence-corrected chi connectivity index (χ2v) is 5.77. The highest BCUT2D eigenvalue weighted by Crippen LogP contribution is 2.22. The molecule has 0 atom stereocenters. The number of carbonyl (C=O) groups is 2. The molecule has 2 heterocycles. The van der Waals surface area contributed by atoms with E-state index in [2.05, 4.69) is 4.90 Å². The first-order chi connectivity index (χ1) is 10.1. The second kappa shape index (κ2) is 5.85. The van der Waals surface area contributed by atoms with Crippen molar-refractivity contribution in [3.8, 4) is 0 Å². The zero-order valence-corrected chi connectivity index (χ0v) is 11.9. The smallest absolute Gasteiger partial charge is 0.338 e. The number of carboxylic acid groups (broad SMARTS) is 1. The molecule has 1 aromatic rings. The molecule has 5 heteroatoms. The predicted octanol–water partition coefficient (Wildman–Crippen LogP) is 1.70. The monoisotopic (exact) mass is 289 g/mol. The standard InChI is InChI=1S/C16H19NO4/c18-15(19)12-4-7-17(8-5-12)6-3-11-1-2-14-13(9-11)10-21-16(14)20/h1-2,9,12H,3-8,10H2,(H,18,19). The van der Waals surface area contributed by atoms with E-state index < -0.39 is 5.97 Å². The van der Waals surface area contributed by atoms with Crippen molar-refractivity contribution in [2.75, 3.05) is 19.6 Å². The minimum Gasteiger partial charge on any atom is -0.481 e. The molecule has 0 saturated carbocycles. The van der Waals surface area contributed by atoms with Crippen LogP contribution in [0.4, 0.5) is 0 Å². The number of aliphatic carboxylic acids is 1. The molecule has 0 amide bonds. The average molecular weight is 289 g/mol. The number of hydrogen-bond donors (Lipinski definition) is 1. The van der Waals surface area contributed by atoms with Gasteiger partial charge in [0.05, 0.1) is 11.5 Å². The Kier molecular flexibility index (Phi) is 3.92. The Labute approximate surface area is 123 Å². The lowest BCUT2D eigenvalue weighted by Crippen LogP contribution is -2.37. The van der Waals surface area contributed by atoms with E-state index in [0.717, 1.165) is 44.5 Å². The summed E-state index contributed by atoms with van der Waals surface area (Å²) in [6.45, 7) is 3.01. The fourth-order valence-corrected chi connectivity index (χ4v) is 3.03. The molecular weight excluding hydrogens is 270 g/mol. The first-order valence-corrected chi connectivity index (χ1v) is 7.37. The molecule has 21 heavy (non-hydrogen) atoms. The van der Waals surface area contributed by atoms with Gasteiger partial charge < -0.3 is 14.7 Å². The summed E-state index contributed by atoms with van der Waals surface area (Å²) in [6, 6.07) is 5.87. The maximum absolute atomic E-state index is 11.4. The van der Waals surface area contributed by atoms with Crippen molar-refractivity contribution in [1.29, 1.82) is 0 Å². The summed E-state index contributed by atoms with van der Waals surface area (Å²) in [5.74, 6) is -1.07. The molecule has 0 radical (unpaired) electrons. The van der Waals surface area contributed by atoms with Crippen LogP contribution < -0.4 is 0 Å². The molecule has 1 saturated heterocycles. The molecule has 112 valence electrons. The van der Waals surface area contributed by atoms with E-state index in [0.29, 0.717) is 12.2 Å². The quantitative estimate of drug-likeness (QED) is 0.855. The maximum atomic E-state index is 11.4. The Morgan fingerprint density at radius 2 is 2.10 bits per heavy atom. The first kappa shape index (κ1) is 14.1. The van der Waals surface area contributed by atoms with Crippen LogP contribution in [0.2, 0.25) is 0 Å². The fraction of sp³-hybridized carbons (Fsp3) is 0.500. The normalized spacial score (nSPS) is 19.3. The average Bonchev–Trinajstić information content (AvgIpc) is 2.86. The molecule has 1 N–H and O–H groups in total. The highest BCUT2D eigenvalue weighted by molar-refractivity contribution is 5.93. The van der Waals surface area contributed by atoms with Crippen LogP contribution in [-0.4, -0.2) is 41.6 Å². The molecule has 0 spiro atoms. The molecule has 0 aliphatic carbocycles. The molecule has 0 aromatic heterocycles. The number of fused-ring (bicyclic) bond motifs is 1. The van der Waals surface area contributed by atoms with Crippen LogP contribution in [-0.2, 0) is 22.6 Å². The molecule has 5 nitrogen and oxygen atoms in total. The Morgan fingerprint density at radius 1 is 1.33 bits per heavy atom. The molecule has 3 rings (SSSR count). The van der Waals surface area contributed by atoms with Gasteiger partial charge in [0, 0.05) is 12.1 Å². The minimum absolute atomic E-state index is 0.176. The van der Waals surface area contributed by atoms with Gasteiger partial charge >= 0.3 is 11.9 Å². The van der Waals surface area contributed by atoms with E-state index in [4.69, 9.17) is 9.84 Å². The number of likely N-dealkylation sites (tertiary alicyclic amines) is 1. The largest absolute Gasteiger partial charge is 0.481 e. The first-order valence-electron chi connectivity index (χ1n) is 7.37. The van der Waals surface area contributed by atoms with E-state index in [9.17, 15) is 9.59 Å². The number of nitrogens with zero attached hydrogens (tertiary/aromatic N) is 1. The van der Waals surface area contributed by atoms with Crippen LogP contribution in [0.5, 0.6) is 0 Å². The Hall–Kier alpha value is -1.88. The van der Waals surface area contributed by atoms with Crippen LogP contribution in [0.3, 0.4) is 0 Å². The summed E-state index contributed by atoms with van der Waals surface area (Å²) in [5, 5.41) is 8.99. The SMILES string of the molecule is O=C1OCc2cc(CCN3CCC(C(=O)O)CC3)ccc21. The topological polar surface area (TPSA) is 66.8 Å². The summed E-state index contributed by atoms with van der Waals surface area (Å²) in [6.07, 6.45) is 2.39. The van der Waals surface area contributed by atoms with Gasteiger partial charge in [-0.15, -0.1) is 0 Å². The number of carbonyl (C=O) groups excluding carboxylic acids is 1. The molecule has 2 aliphatic heterocycles. The van der Waals surface area contributed by atoms with Crippen LogP contribution >= 0.6 is 0 Å². The van der Waals surface area contributed by atoms with Gasteiger partial charge in [0.15, 0.2) is 0 Å². The van der Waals surface area contributed by atoms with Gasteiger partial charge in [-0.3, -0.25) is 4.79 Å². The summed E-state index contributed by atoms with van der Waals surface area (Å²) in [4.78, 5) is 24.6. The number of carboxylic acids is 1. The van der Waals surface area contributed by atoms with Crippen molar-refractivity contribution in [3.05, 3.63) is 34.9 Å². The molecule has 2 aliphatic rings. The van der Waals surface area contributed by atoms with Gasteiger partial charge in [0.2, 0.25) is 0 Å². The Bertz CT molecular complexity index is 561. The van der Waals surface area contributed by atoms with E-state index in [1.807, 2.05) is 18.2 Å². The van der Waals surface area contributed by atoms with Gasteiger partial charge in [-0.2, -0.15) is 0 Å². The highest BCUT2D eigenvalue weighted by Gasteiger charge is 2.24. The minimum atomic E-state index is -0.669. The van der Waals surface area contributed by atoms with Gasteiger partial charge in [0.25, 0.3) is 0 Å². The number of hydrogen-bond acceptors (Lipinski definition) is 4. The van der Waals surface area contributed by atoms with Crippen LogP contribution in [0.25, 0.3) is 0 Å². The third-order valence-electron chi connectivity index (χ3n) is 4.40. The zero-order chi connectivity index (χ0) is 14.8. The summed E-state index contributed by atoms with van der Waals surface area (Å²) >= 11 is 0. The molecule has 1 fully saturated rings. The Balaban J connectivity index is 1.52. The lowest BCUT2D eigenvalue weighted by atomic mass is 9.96. The van der Waals surface area contributed by atoms with Gasteiger partial charge in [-0.05, 0) is 44.0 Å². The van der Waals surface area contributed by atoms with Gasteiger partial charge in [0.1, 0.15) is 6.61 Å². The lowest BCUT2D eigenvalue weighted by Gasteiger charge is -2.29. The summed E-state index contributed by atoms with van der Waals surface area (Å²) in [5.41, 5.74) is 2.86. The van der Waals surface area contributed by atoms with Crippen molar-refractivity contribution in [1.82, 2.24) is 4.90 Å². The van der Waals surface area contributed by atoms with Crippen LogP contribution in [0.15, 0.2) is 18.2 Å². The number of benzene rings is 1. The zero-order valence-electron chi connectivity index (χ0n) is 11.9. The third-order valence-corrected chi connectivity index (χ3v) is 4.40. The van der Waals surface area contributed by atoms with Crippen molar-refractivity contribution in [2.24, 2.45) is 5.92 Å². The van der Waals surface area contributed by atoms with Crippen LogP contribution in [0, 0.1) is 5.92 Å². The summed E-state index contributed by atoms with van der Waals surface area (Å²) in [7, 11) is 0. The molecule has 0 bridgehead atoms. The van der Waals surface area contributed by atoms with Crippen molar-refractivity contribution >= 4 is 11.9 Å². The van der Waals surface area contributed by atoms with E-state index >= 15 is 0 Å². The summed E-state index contributed by atoms with van der Waals surface area (Å²) < 4.78 is 5.00. The van der Waals surface area contributed by atoms with E-state index in [1.165, 1.54) is 5.56 Å². The number of ether oxygens (including phenoxy) is 1. The molecule has 0 unspecified atom stereocenters. The van der Waals surface area contributed by atoms with Crippen molar-refractivity contribution in [3.63, 3.8) is 0 Å². The van der Waals surface area contributed by atoms with Gasteiger partial charge in [-0.25, -0.2) is 4.79 Å². The molecular formula is C16H19NO4.